The number of rotatable bonds is 6. The number of anilines is 3. The van der Waals surface area contributed by atoms with Gasteiger partial charge in [-0.3, -0.25) is 14.4 Å². The topological polar surface area (TPSA) is 78.5 Å². The number of hydrogen-bond acceptors (Lipinski definition) is 3. The van der Waals surface area contributed by atoms with E-state index in [-0.39, 0.29) is 24.1 Å². The van der Waals surface area contributed by atoms with Crippen molar-refractivity contribution in [3.63, 3.8) is 0 Å². The van der Waals surface area contributed by atoms with Gasteiger partial charge in [-0.2, -0.15) is 0 Å². The molecule has 0 bridgehead atoms. The second kappa shape index (κ2) is 8.90. The highest BCUT2D eigenvalue weighted by Gasteiger charge is 2.35. The molecule has 2 aromatic carbocycles. The van der Waals surface area contributed by atoms with Gasteiger partial charge in [0, 0.05) is 37.0 Å². The third kappa shape index (κ3) is 5.02. The van der Waals surface area contributed by atoms with Crippen molar-refractivity contribution in [1.29, 1.82) is 0 Å². The van der Waals surface area contributed by atoms with Gasteiger partial charge in [0.05, 0.1) is 5.92 Å². The zero-order valence-electron chi connectivity index (χ0n) is 17.1. The van der Waals surface area contributed by atoms with E-state index in [0.29, 0.717) is 23.8 Å². The van der Waals surface area contributed by atoms with E-state index in [1.54, 1.807) is 29.2 Å². The van der Waals surface area contributed by atoms with Crippen molar-refractivity contribution >= 4 is 34.8 Å². The Morgan fingerprint density at radius 3 is 2.17 bits per heavy atom. The molecule has 1 heterocycles. The van der Waals surface area contributed by atoms with Crippen molar-refractivity contribution in [2.24, 2.45) is 5.92 Å². The van der Waals surface area contributed by atoms with E-state index in [1.165, 1.54) is 12.5 Å². The lowest BCUT2D eigenvalue weighted by Crippen LogP contribution is -2.28. The number of amides is 3. The van der Waals surface area contributed by atoms with E-state index >= 15 is 0 Å². The molecule has 1 aliphatic rings. The lowest BCUT2D eigenvalue weighted by atomic mass is 9.98. The van der Waals surface area contributed by atoms with Crippen LogP contribution in [0.2, 0.25) is 0 Å². The summed E-state index contributed by atoms with van der Waals surface area (Å²) >= 11 is 0. The Bertz CT molecular complexity index is 891. The number of carbonyl (C=O) groups excluding carboxylic acids is 3. The van der Waals surface area contributed by atoms with Gasteiger partial charge in [0.2, 0.25) is 17.7 Å². The number of nitrogens with one attached hydrogen (secondary N) is 2. The molecule has 2 aromatic rings. The molecule has 1 aliphatic heterocycles. The largest absolute Gasteiger partial charge is 0.326 e. The second-order valence-electron chi connectivity index (χ2n) is 7.55. The van der Waals surface area contributed by atoms with Crippen molar-refractivity contribution in [2.75, 3.05) is 22.1 Å². The van der Waals surface area contributed by atoms with Gasteiger partial charge in [0.15, 0.2) is 0 Å². The molecule has 3 amide bonds. The average molecular weight is 393 g/mol. The van der Waals surface area contributed by atoms with Gasteiger partial charge in [-0.05, 0) is 54.3 Å². The van der Waals surface area contributed by atoms with Crippen LogP contribution in [0.15, 0.2) is 48.5 Å². The van der Waals surface area contributed by atoms with Crippen molar-refractivity contribution < 1.29 is 14.4 Å². The zero-order valence-corrected chi connectivity index (χ0v) is 17.1. The molecule has 1 fully saturated rings. The van der Waals surface area contributed by atoms with Crippen LogP contribution in [0.1, 0.15) is 45.1 Å². The summed E-state index contributed by atoms with van der Waals surface area (Å²) in [5.41, 5.74) is 3.38. The van der Waals surface area contributed by atoms with Crippen LogP contribution in [0, 0.1) is 5.92 Å². The molecule has 152 valence electrons. The first-order valence-corrected chi connectivity index (χ1v) is 9.96. The first-order valence-electron chi connectivity index (χ1n) is 9.96. The van der Waals surface area contributed by atoms with Crippen molar-refractivity contribution in [2.45, 2.75) is 39.5 Å². The molecule has 0 radical (unpaired) electrons. The number of nitrogens with zero attached hydrogens (tertiary/aromatic N) is 1. The highest BCUT2D eigenvalue weighted by Crippen LogP contribution is 2.28. The highest BCUT2D eigenvalue weighted by molar-refractivity contribution is 6.03. The number of carbonyl (C=O) groups is 3. The minimum absolute atomic E-state index is 0.0394. The molecule has 0 aliphatic carbocycles. The Balaban J connectivity index is 1.62. The van der Waals surface area contributed by atoms with Crippen LogP contribution in [0.3, 0.4) is 0 Å². The summed E-state index contributed by atoms with van der Waals surface area (Å²) in [6.07, 6.45) is 1.26. The van der Waals surface area contributed by atoms with Gasteiger partial charge in [0.25, 0.3) is 0 Å². The maximum absolute atomic E-state index is 12.6. The molecule has 0 aromatic heterocycles. The van der Waals surface area contributed by atoms with Gasteiger partial charge in [-0.25, -0.2) is 0 Å². The maximum atomic E-state index is 12.6. The molecule has 6 nitrogen and oxygen atoms in total. The molecule has 6 heteroatoms. The fourth-order valence-electron chi connectivity index (χ4n) is 3.44. The third-order valence-corrected chi connectivity index (χ3v) is 5.35. The fourth-order valence-corrected chi connectivity index (χ4v) is 3.44. The maximum Gasteiger partial charge on any atom is 0.229 e. The molecule has 3 rings (SSSR count). The van der Waals surface area contributed by atoms with E-state index < -0.39 is 5.92 Å². The monoisotopic (exact) mass is 393 g/mol. The molecule has 0 saturated carbocycles. The molecule has 1 saturated heterocycles. The first kappa shape index (κ1) is 20.6. The highest BCUT2D eigenvalue weighted by atomic mass is 16.2. The summed E-state index contributed by atoms with van der Waals surface area (Å²) < 4.78 is 0. The normalized spacial score (nSPS) is 17.1. The minimum atomic E-state index is -0.397. The molecule has 2 atom stereocenters. The van der Waals surface area contributed by atoms with Crippen molar-refractivity contribution in [3.8, 4) is 0 Å². The lowest BCUT2D eigenvalue weighted by Gasteiger charge is -2.18. The molecular weight excluding hydrogens is 366 g/mol. The van der Waals surface area contributed by atoms with E-state index in [1.807, 2.05) is 12.1 Å². The van der Waals surface area contributed by atoms with Crippen LogP contribution in [0.25, 0.3) is 0 Å². The standard InChI is InChI=1S/C23H27N3O3/c1-4-15(2)17-5-11-21(12-6-17)26-14-18(13-22(26)28)23(29)25-20-9-7-19(8-10-20)24-16(3)27/h5-12,15,18H,4,13-14H2,1-3H3,(H,24,27)(H,25,29)/t15-,18-/m0/s1. The quantitative estimate of drug-likeness (QED) is 0.774. The van der Waals surface area contributed by atoms with Gasteiger partial charge in [-0.15, -0.1) is 0 Å². The predicted octanol–water partition coefficient (Wildman–Crippen LogP) is 4.15. The van der Waals surface area contributed by atoms with Gasteiger partial charge in [-0.1, -0.05) is 26.0 Å². The number of benzene rings is 2. The van der Waals surface area contributed by atoms with E-state index in [2.05, 4.69) is 36.6 Å². The summed E-state index contributed by atoms with van der Waals surface area (Å²) in [6.45, 7) is 6.14. The van der Waals surface area contributed by atoms with Crippen LogP contribution < -0.4 is 15.5 Å². The van der Waals surface area contributed by atoms with Crippen LogP contribution in [0.5, 0.6) is 0 Å². The van der Waals surface area contributed by atoms with E-state index in [4.69, 9.17) is 0 Å². The summed E-state index contributed by atoms with van der Waals surface area (Å²) in [4.78, 5) is 37.9. The van der Waals surface area contributed by atoms with E-state index in [0.717, 1.165) is 12.1 Å². The average Bonchev–Trinajstić information content (AvgIpc) is 3.10. The summed E-state index contributed by atoms with van der Waals surface area (Å²) in [6, 6.07) is 14.9. The summed E-state index contributed by atoms with van der Waals surface area (Å²) in [5.74, 6) is -0.281. The molecule has 2 N–H and O–H groups in total. The Morgan fingerprint density at radius 2 is 1.62 bits per heavy atom. The van der Waals surface area contributed by atoms with Gasteiger partial charge in [0.1, 0.15) is 0 Å². The minimum Gasteiger partial charge on any atom is -0.326 e. The van der Waals surface area contributed by atoms with Crippen LogP contribution in [-0.2, 0) is 14.4 Å². The third-order valence-electron chi connectivity index (χ3n) is 5.35. The molecular formula is C23H27N3O3. The van der Waals surface area contributed by atoms with Crippen molar-refractivity contribution in [1.82, 2.24) is 0 Å². The Labute approximate surface area is 171 Å². The molecule has 0 spiro atoms. The van der Waals surface area contributed by atoms with Gasteiger partial charge < -0.3 is 15.5 Å². The lowest BCUT2D eigenvalue weighted by molar-refractivity contribution is -0.122. The summed E-state index contributed by atoms with van der Waals surface area (Å²) in [5, 5.41) is 5.54. The Kier molecular flexibility index (Phi) is 6.32. The smallest absolute Gasteiger partial charge is 0.229 e. The zero-order chi connectivity index (χ0) is 21.0. The van der Waals surface area contributed by atoms with E-state index in [9.17, 15) is 14.4 Å². The fraction of sp³-hybridized carbons (Fsp3) is 0.348. The van der Waals surface area contributed by atoms with Crippen molar-refractivity contribution in [3.05, 3.63) is 54.1 Å². The van der Waals surface area contributed by atoms with Gasteiger partial charge >= 0.3 is 0 Å². The Hall–Kier alpha value is -3.15. The second-order valence-corrected chi connectivity index (χ2v) is 7.55. The van der Waals surface area contributed by atoms with Crippen LogP contribution in [0.4, 0.5) is 17.1 Å². The van der Waals surface area contributed by atoms with Crippen LogP contribution >= 0.6 is 0 Å². The molecule has 29 heavy (non-hydrogen) atoms. The predicted molar refractivity (Wildman–Crippen MR) is 115 cm³/mol. The first-order chi connectivity index (χ1) is 13.9. The Morgan fingerprint density at radius 1 is 1.03 bits per heavy atom. The number of hydrogen-bond donors (Lipinski definition) is 2. The SMILES string of the molecule is CC[C@H](C)c1ccc(N2C[C@@H](C(=O)Nc3ccc(NC(C)=O)cc3)CC2=O)cc1. The van der Waals surface area contributed by atoms with Crippen LogP contribution in [-0.4, -0.2) is 24.3 Å². The molecule has 0 unspecified atom stereocenters. The summed E-state index contributed by atoms with van der Waals surface area (Å²) in [7, 11) is 0.